The van der Waals surface area contributed by atoms with E-state index in [1.54, 1.807) is 0 Å². The zero-order chi connectivity index (χ0) is 10.6. The Morgan fingerprint density at radius 3 is 2.57 bits per heavy atom. The zero-order valence-electron chi connectivity index (χ0n) is 7.37. The first-order valence-electron chi connectivity index (χ1n) is 3.82. The predicted octanol–water partition coefficient (Wildman–Crippen LogP) is -1.25. The molecule has 14 heavy (non-hydrogen) atoms. The molecule has 0 atom stereocenters. The SMILES string of the molecule is NC(=Nc1cccc(Br)c1)[NH+]=C(N)N. The molecule has 0 aromatic heterocycles. The van der Waals surface area contributed by atoms with Crippen LogP contribution in [0.2, 0.25) is 0 Å². The number of benzene rings is 1. The summed E-state index contributed by atoms with van der Waals surface area (Å²) in [6, 6.07) is 7.38. The van der Waals surface area contributed by atoms with Crippen molar-refractivity contribution in [1.29, 1.82) is 0 Å². The lowest BCUT2D eigenvalue weighted by atomic mass is 10.3. The van der Waals surface area contributed by atoms with Gasteiger partial charge in [-0.05, 0) is 18.2 Å². The summed E-state index contributed by atoms with van der Waals surface area (Å²) in [5.74, 6) is 0.171. The Hall–Kier alpha value is -1.56. The quantitative estimate of drug-likeness (QED) is 0.373. The van der Waals surface area contributed by atoms with E-state index in [0.29, 0.717) is 5.69 Å². The molecule has 0 unspecified atom stereocenters. The largest absolute Gasteiger partial charge is 0.323 e. The van der Waals surface area contributed by atoms with Gasteiger partial charge in [0, 0.05) is 4.47 Å². The lowest BCUT2D eigenvalue weighted by Gasteiger charge is -1.92. The van der Waals surface area contributed by atoms with E-state index in [2.05, 4.69) is 25.9 Å². The summed E-state index contributed by atoms with van der Waals surface area (Å²) in [4.78, 5) is 6.53. The van der Waals surface area contributed by atoms with Gasteiger partial charge in [0.2, 0.25) is 0 Å². The minimum absolute atomic E-state index is 0.0150. The molecule has 0 fully saturated rings. The maximum Gasteiger partial charge on any atom is 0.316 e. The fourth-order valence-corrected chi connectivity index (χ4v) is 1.25. The van der Waals surface area contributed by atoms with Crippen LogP contribution in [-0.4, -0.2) is 11.9 Å². The lowest BCUT2D eigenvalue weighted by Crippen LogP contribution is -2.84. The van der Waals surface area contributed by atoms with Gasteiger partial charge in [0.25, 0.3) is 5.96 Å². The summed E-state index contributed by atoms with van der Waals surface area (Å²) in [6.45, 7) is 0. The van der Waals surface area contributed by atoms with Crippen LogP contribution in [0.3, 0.4) is 0 Å². The van der Waals surface area contributed by atoms with Crippen LogP contribution in [0, 0.1) is 0 Å². The zero-order valence-corrected chi connectivity index (χ0v) is 8.95. The van der Waals surface area contributed by atoms with E-state index in [1.165, 1.54) is 0 Å². The van der Waals surface area contributed by atoms with E-state index in [4.69, 9.17) is 17.2 Å². The van der Waals surface area contributed by atoms with Crippen LogP contribution in [-0.2, 0) is 0 Å². The average molecular weight is 257 g/mol. The molecule has 0 amide bonds. The van der Waals surface area contributed by atoms with Crippen LogP contribution >= 0.6 is 15.9 Å². The van der Waals surface area contributed by atoms with Crippen LogP contribution in [0.4, 0.5) is 5.69 Å². The number of nitrogens with two attached hydrogens (primary N) is 3. The first kappa shape index (κ1) is 10.5. The standard InChI is InChI=1S/C8H10BrN5/c9-5-2-1-3-6(4-5)13-8(12)14-7(10)11/h1-4H,(H6,10,11,12,13,14)/p+1. The van der Waals surface area contributed by atoms with E-state index in [0.717, 1.165) is 4.47 Å². The molecule has 0 saturated carbocycles. The molecule has 0 saturated heterocycles. The number of halogens is 1. The Morgan fingerprint density at radius 2 is 2.00 bits per heavy atom. The minimum atomic E-state index is 0.0150. The van der Waals surface area contributed by atoms with Gasteiger partial charge in [0.1, 0.15) is 5.69 Å². The van der Waals surface area contributed by atoms with Gasteiger partial charge in [-0.1, -0.05) is 22.0 Å². The second kappa shape index (κ2) is 4.61. The number of nitrogens with zero attached hydrogens (tertiary/aromatic N) is 1. The summed E-state index contributed by atoms with van der Waals surface area (Å²) in [6.07, 6.45) is 0. The van der Waals surface area contributed by atoms with Crippen LogP contribution in [0.1, 0.15) is 0 Å². The van der Waals surface area contributed by atoms with Crippen molar-refractivity contribution in [1.82, 2.24) is 0 Å². The van der Waals surface area contributed by atoms with E-state index in [9.17, 15) is 0 Å². The van der Waals surface area contributed by atoms with Gasteiger partial charge in [-0.2, -0.15) is 0 Å². The first-order valence-corrected chi connectivity index (χ1v) is 4.62. The van der Waals surface area contributed by atoms with Crippen molar-refractivity contribution in [3.05, 3.63) is 28.7 Å². The summed E-state index contributed by atoms with van der Waals surface area (Å²) < 4.78 is 0.927. The highest BCUT2D eigenvalue weighted by atomic mass is 79.9. The lowest BCUT2D eigenvalue weighted by molar-refractivity contribution is -0.320. The van der Waals surface area contributed by atoms with Gasteiger partial charge >= 0.3 is 5.96 Å². The number of hydrogen-bond donors (Lipinski definition) is 4. The Kier molecular flexibility index (Phi) is 3.47. The van der Waals surface area contributed by atoms with E-state index < -0.39 is 0 Å². The fourth-order valence-electron chi connectivity index (χ4n) is 0.861. The summed E-state index contributed by atoms with van der Waals surface area (Å²) in [7, 11) is 0. The highest BCUT2D eigenvalue weighted by molar-refractivity contribution is 9.10. The number of hydrogen-bond acceptors (Lipinski definition) is 1. The number of aliphatic imine (C=N–C) groups is 1. The highest BCUT2D eigenvalue weighted by Crippen LogP contribution is 2.17. The van der Waals surface area contributed by atoms with Gasteiger partial charge in [-0.25, -0.2) is 4.99 Å². The molecule has 0 aliphatic rings. The van der Waals surface area contributed by atoms with Crippen molar-refractivity contribution in [2.45, 2.75) is 0 Å². The molecule has 7 N–H and O–H groups in total. The Morgan fingerprint density at radius 1 is 1.29 bits per heavy atom. The average Bonchev–Trinajstić information content (AvgIpc) is 2.01. The molecule has 6 heteroatoms. The molecular weight excluding hydrogens is 246 g/mol. The molecule has 1 rings (SSSR count). The molecular formula is C8H11BrN5+. The van der Waals surface area contributed by atoms with E-state index in [1.807, 2.05) is 24.3 Å². The summed E-state index contributed by atoms with van der Waals surface area (Å²) in [5, 5.41) is 0. The van der Waals surface area contributed by atoms with Crippen molar-refractivity contribution in [3.8, 4) is 0 Å². The topological polar surface area (TPSA) is 104 Å². The maximum atomic E-state index is 5.50. The molecule has 5 nitrogen and oxygen atoms in total. The Bertz CT molecular complexity index is 381. The summed E-state index contributed by atoms with van der Waals surface area (Å²) in [5.41, 5.74) is 16.6. The number of nitrogens with one attached hydrogen (secondary N) is 1. The normalized spacial score (nSPS) is 11.1. The Labute approximate surface area is 89.8 Å². The van der Waals surface area contributed by atoms with Gasteiger partial charge in [0.05, 0.1) is 0 Å². The van der Waals surface area contributed by atoms with Crippen molar-refractivity contribution in [2.24, 2.45) is 22.2 Å². The molecule has 74 valence electrons. The monoisotopic (exact) mass is 256 g/mol. The van der Waals surface area contributed by atoms with Gasteiger partial charge in [0.15, 0.2) is 0 Å². The van der Waals surface area contributed by atoms with E-state index in [-0.39, 0.29) is 11.9 Å². The minimum Gasteiger partial charge on any atom is -0.323 e. The van der Waals surface area contributed by atoms with Crippen molar-refractivity contribution in [3.63, 3.8) is 0 Å². The molecule has 0 aliphatic carbocycles. The van der Waals surface area contributed by atoms with Crippen LogP contribution in [0.25, 0.3) is 0 Å². The maximum absolute atomic E-state index is 5.50. The third-order valence-electron chi connectivity index (χ3n) is 1.33. The van der Waals surface area contributed by atoms with Crippen molar-refractivity contribution in [2.75, 3.05) is 0 Å². The molecule has 1 aromatic carbocycles. The van der Waals surface area contributed by atoms with Crippen LogP contribution in [0.5, 0.6) is 0 Å². The molecule has 1 aromatic rings. The number of rotatable bonds is 1. The van der Waals surface area contributed by atoms with Crippen molar-refractivity contribution < 1.29 is 4.99 Å². The predicted molar refractivity (Wildman–Crippen MR) is 59.8 cm³/mol. The second-order valence-corrected chi connectivity index (χ2v) is 3.47. The third-order valence-corrected chi connectivity index (χ3v) is 1.82. The van der Waals surface area contributed by atoms with Crippen molar-refractivity contribution >= 4 is 33.5 Å². The van der Waals surface area contributed by atoms with E-state index >= 15 is 0 Å². The second-order valence-electron chi connectivity index (χ2n) is 2.56. The van der Waals surface area contributed by atoms with Gasteiger partial charge in [-0.15, -0.1) is 4.99 Å². The molecule has 0 heterocycles. The Balaban J connectivity index is 2.92. The molecule has 0 spiro atoms. The number of guanidine groups is 2. The first-order chi connectivity index (χ1) is 6.58. The third kappa shape index (κ3) is 3.44. The summed E-state index contributed by atoms with van der Waals surface area (Å²) >= 11 is 3.32. The van der Waals surface area contributed by atoms with Gasteiger partial charge in [-0.3, -0.25) is 0 Å². The highest BCUT2D eigenvalue weighted by Gasteiger charge is 1.97. The molecule has 0 radical (unpaired) electrons. The molecule has 0 aliphatic heterocycles. The smallest absolute Gasteiger partial charge is 0.316 e. The van der Waals surface area contributed by atoms with Gasteiger partial charge < -0.3 is 17.2 Å². The van der Waals surface area contributed by atoms with Crippen LogP contribution < -0.4 is 22.2 Å². The fraction of sp³-hybridized carbons (Fsp3) is 0. The van der Waals surface area contributed by atoms with Crippen LogP contribution in [0.15, 0.2) is 33.7 Å². The molecule has 0 bridgehead atoms.